The molecule has 0 aliphatic heterocycles. The van der Waals surface area contributed by atoms with E-state index in [9.17, 15) is 10.2 Å². The van der Waals surface area contributed by atoms with Crippen LogP contribution in [-0.2, 0) is 0 Å². The van der Waals surface area contributed by atoms with Crippen LogP contribution in [0, 0.1) is 22.7 Å². The van der Waals surface area contributed by atoms with E-state index in [2.05, 4.69) is 0 Å². The van der Waals surface area contributed by atoms with Gasteiger partial charge in [-0.25, -0.2) is 0 Å². The molecule has 5 nitrogen and oxygen atoms in total. The second kappa shape index (κ2) is 3.51. The van der Waals surface area contributed by atoms with Gasteiger partial charge >= 0.3 is 0 Å². The molecule has 0 saturated carbocycles. The lowest BCUT2D eigenvalue weighted by Crippen LogP contribution is -2.31. The number of aliphatic hydroxyl groups excluding tert-OH is 1. The molecule has 0 heterocycles. The van der Waals surface area contributed by atoms with Crippen molar-refractivity contribution in [3.05, 3.63) is 23.0 Å². The highest BCUT2D eigenvalue weighted by molar-refractivity contribution is 5.46. The molecule has 0 aromatic carbocycles. The zero-order chi connectivity index (χ0) is 10.8. The van der Waals surface area contributed by atoms with Crippen molar-refractivity contribution in [1.29, 1.82) is 10.5 Å². The van der Waals surface area contributed by atoms with Crippen molar-refractivity contribution in [3.8, 4) is 12.1 Å². The third-order valence-electron chi connectivity index (χ3n) is 1.82. The van der Waals surface area contributed by atoms with Crippen LogP contribution in [0.25, 0.3) is 0 Å². The maximum Gasteiger partial charge on any atom is 0.173 e. The van der Waals surface area contributed by atoms with E-state index in [0.29, 0.717) is 0 Å². The van der Waals surface area contributed by atoms with Crippen molar-refractivity contribution in [2.24, 2.45) is 0 Å². The van der Waals surface area contributed by atoms with Gasteiger partial charge in [-0.1, -0.05) is 0 Å². The van der Waals surface area contributed by atoms with Gasteiger partial charge in [-0.2, -0.15) is 10.5 Å². The van der Waals surface area contributed by atoms with Gasteiger partial charge in [-0.15, -0.1) is 0 Å². The van der Waals surface area contributed by atoms with Crippen LogP contribution in [0.3, 0.4) is 0 Å². The molecule has 0 fully saturated rings. The molecule has 0 bridgehead atoms. The molecule has 1 rings (SSSR count). The van der Waals surface area contributed by atoms with Gasteiger partial charge in [-0.05, 0) is 11.6 Å². The Hall–Kier alpha value is -1.82. The van der Waals surface area contributed by atoms with E-state index in [-0.39, 0.29) is 29.7 Å². The number of allylic oxidation sites excluding steroid dienone is 2. The normalized spacial score (nSPS) is 19.1. The molecule has 0 atom stereocenters. The van der Waals surface area contributed by atoms with Crippen LogP contribution in [0.1, 0.15) is 12.8 Å². The molecule has 0 saturated heterocycles. The first-order valence-corrected chi connectivity index (χ1v) is 3.86. The maximum absolute atomic E-state index is 9.26. The zero-order valence-electron chi connectivity index (χ0n) is 7.23. The van der Waals surface area contributed by atoms with Gasteiger partial charge in [-0.3, -0.25) is 0 Å². The van der Waals surface area contributed by atoms with E-state index in [1.54, 1.807) is 12.1 Å². The molecule has 72 valence electrons. The van der Waals surface area contributed by atoms with Crippen LogP contribution in [0.15, 0.2) is 23.0 Å². The van der Waals surface area contributed by atoms with Crippen LogP contribution in [-0.4, -0.2) is 21.1 Å². The first-order valence-electron chi connectivity index (χ1n) is 3.86. The number of aliphatic hydroxyl groups is 3. The van der Waals surface area contributed by atoms with E-state index in [0.717, 1.165) is 0 Å². The number of hydrogen-bond donors (Lipinski definition) is 3. The van der Waals surface area contributed by atoms with Crippen LogP contribution >= 0.6 is 0 Å². The smallest absolute Gasteiger partial charge is 0.173 e. The summed E-state index contributed by atoms with van der Waals surface area (Å²) in [6.45, 7) is 0. The Balaban J connectivity index is 3.17. The fourth-order valence-electron chi connectivity index (χ4n) is 1.29. The minimum Gasteiger partial charge on any atom is -0.512 e. The zero-order valence-corrected chi connectivity index (χ0v) is 7.23. The number of hydrogen-bond acceptors (Lipinski definition) is 5. The summed E-state index contributed by atoms with van der Waals surface area (Å²) in [6, 6.07) is 3.24. The Morgan fingerprint density at radius 3 is 2.29 bits per heavy atom. The average Bonchev–Trinajstić information content (AvgIpc) is 2.02. The Labute approximate surface area is 80.4 Å². The molecule has 3 N–H and O–H groups in total. The summed E-state index contributed by atoms with van der Waals surface area (Å²) in [7, 11) is 0. The molecule has 14 heavy (non-hydrogen) atoms. The van der Waals surface area contributed by atoms with Crippen LogP contribution in [0.4, 0.5) is 0 Å². The van der Waals surface area contributed by atoms with Crippen molar-refractivity contribution in [3.63, 3.8) is 0 Å². The van der Waals surface area contributed by atoms with E-state index in [1.807, 2.05) is 0 Å². The summed E-state index contributed by atoms with van der Waals surface area (Å²) in [6.07, 6.45) is 0.695. The number of nitriles is 2. The van der Waals surface area contributed by atoms with Gasteiger partial charge in [0, 0.05) is 6.42 Å². The van der Waals surface area contributed by atoms with Gasteiger partial charge in [0.1, 0.15) is 17.7 Å². The van der Waals surface area contributed by atoms with Gasteiger partial charge < -0.3 is 15.3 Å². The van der Waals surface area contributed by atoms with E-state index in [4.69, 9.17) is 15.6 Å². The van der Waals surface area contributed by atoms with Crippen molar-refractivity contribution in [2.45, 2.75) is 18.6 Å². The highest BCUT2D eigenvalue weighted by atomic mass is 16.5. The van der Waals surface area contributed by atoms with Gasteiger partial charge in [0.25, 0.3) is 0 Å². The highest BCUT2D eigenvalue weighted by Gasteiger charge is 2.31. The van der Waals surface area contributed by atoms with Crippen molar-refractivity contribution >= 4 is 0 Å². The standard InChI is InChI=1S/C9H8N2O3/c10-4-7(5-11)6-1-8(12)3-9(13,14)2-6/h1,12-14H,2-3H2. The van der Waals surface area contributed by atoms with E-state index >= 15 is 0 Å². The summed E-state index contributed by atoms with van der Waals surface area (Å²) < 4.78 is 0. The van der Waals surface area contributed by atoms with Gasteiger partial charge in [0.15, 0.2) is 5.79 Å². The summed E-state index contributed by atoms with van der Waals surface area (Å²) in [5.74, 6) is -2.33. The molecular formula is C9H8N2O3. The number of rotatable bonds is 0. The molecule has 5 heteroatoms. The molecule has 0 aromatic heterocycles. The number of nitrogens with zero attached hydrogens (tertiary/aromatic N) is 2. The largest absolute Gasteiger partial charge is 0.512 e. The highest BCUT2D eigenvalue weighted by Crippen LogP contribution is 2.29. The Kier molecular flexibility index (Phi) is 2.57. The molecule has 1 aliphatic rings. The molecular weight excluding hydrogens is 184 g/mol. The minimum absolute atomic E-state index is 0.142. The lowest BCUT2D eigenvalue weighted by molar-refractivity contribution is -0.163. The first-order chi connectivity index (χ1) is 6.48. The first kappa shape index (κ1) is 10.3. The third-order valence-corrected chi connectivity index (χ3v) is 1.82. The predicted molar refractivity (Wildman–Crippen MR) is 45.4 cm³/mol. The molecule has 0 aromatic rings. The Morgan fingerprint density at radius 2 is 1.86 bits per heavy atom. The molecule has 0 amide bonds. The second-order valence-corrected chi connectivity index (χ2v) is 3.10. The lowest BCUT2D eigenvalue weighted by Gasteiger charge is -2.25. The molecule has 0 radical (unpaired) electrons. The third kappa shape index (κ3) is 2.11. The van der Waals surface area contributed by atoms with E-state index in [1.165, 1.54) is 6.08 Å². The summed E-state index contributed by atoms with van der Waals surface area (Å²) in [4.78, 5) is 0. The quantitative estimate of drug-likeness (QED) is 0.376. The average molecular weight is 192 g/mol. The molecule has 0 unspecified atom stereocenters. The summed E-state index contributed by atoms with van der Waals surface area (Å²) in [5.41, 5.74) is -0.0764. The predicted octanol–water partition coefficient (Wildman–Crippen LogP) is 0.247. The Bertz CT molecular complexity index is 377. The van der Waals surface area contributed by atoms with Crippen LogP contribution < -0.4 is 0 Å². The fourth-order valence-corrected chi connectivity index (χ4v) is 1.29. The van der Waals surface area contributed by atoms with Crippen LogP contribution in [0.5, 0.6) is 0 Å². The molecule has 1 aliphatic carbocycles. The van der Waals surface area contributed by atoms with E-state index < -0.39 is 5.79 Å². The van der Waals surface area contributed by atoms with Crippen molar-refractivity contribution in [2.75, 3.05) is 0 Å². The van der Waals surface area contributed by atoms with Crippen LogP contribution in [0.2, 0.25) is 0 Å². The maximum atomic E-state index is 9.26. The Morgan fingerprint density at radius 1 is 1.29 bits per heavy atom. The second-order valence-electron chi connectivity index (χ2n) is 3.10. The lowest BCUT2D eigenvalue weighted by atomic mass is 9.92. The van der Waals surface area contributed by atoms with Crippen molar-refractivity contribution < 1.29 is 15.3 Å². The van der Waals surface area contributed by atoms with Gasteiger partial charge in [0.05, 0.1) is 12.2 Å². The topological polar surface area (TPSA) is 108 Å². The van der Waals surface area contributed by atoms with Crippen molar-refractivity contribution in [1.82, 2.24) is 0 Å². The fraction of sp³-hybridized carbons (Fsp3) is 0.333. The molecule has 0 spiro atoms. The summed E-state index contributed by atoms with van der Waals surface area (Å²) in [5, 5.41) is 44.7. The minimum atomic E-state index is -2.08. The monoisotopic (exact) mass is 192 g/mol. The SMILES string of the molecule is N#CC(C#N)=C1C=C(O)CC(O)(O)C1. The van der Waals surface area contributed by atoms with Gasteiger partial charge in [0.2, 0.25) is 0 Å². The summed E-state index contributed by atoms with van der Waals surface area (Å²) >= 11 is 0.